The highest BCUT2D eigenvalue weighted by molar-refractivity contribution is 5.91. The Kier molecular flexibility index (Phi) is 8.43. The third-order valence-electron chi connectivity index (χ3n) is 5.56. The fraction of sp³-hybridized carbons (Fsp3) is 0.360. The van der Waals surface area contributed by atoms with E-state index in [1.165, 1.54) is 18.4 Å². The first-order valence-electron chi connectivity index (χ1n) is 10.9. The van der Waals surface area contributed by atoms with Crippen molar-refractivity contribution in [1.82, 2.24) is 15.2 Å². The number of carbonyl (C=O) groups excluding carboxylic acids is 1. The molecule has 1 N–H and O–H groups in total. The zero-order valence-corrected chi connectivity index (χ0v) is 19.4. The molecule has 0 aliphatic heterocycles. The van der Waals surface area contributed by atoms with Gasteiger partial charge in [-0.25, -0.2) is 9.37 Å². The van der Waals surface area contributed by atoms with E-state index in [-0.39, 0.29) is 30.0 Å². The van der Waals surface area contributed by atoms with Crippen LogP contribution in [0.4, 0.5) is 4.39 Å². The van der Waals surface area contributed by atoms with E-state index in [4.69, 9.17) is 13.9 Å². The van der Waals surface area contributed by atoms with Gasteiger partial charge in [-0.2, -0.15) is 0 Å². The highest BCUT2D eigenvalue weighted by Crippen LogP contribution is 2.32. The molecule has 8 heteroatoms. The van der Waals surface area contributed by atoms with Crippen LogP contribution in [0.15, 0.2) is 53.1 Å². The number of amides is 1. The second kappa shape index (κ2) is 11.5. The summed E-state index contributed by atoms with van der Waals surface area (Å²) in [6.07, 6.45) is 2.29. The summed E-state index contributed by atoms with van der Waals surface area (Å²) in [5.74, 6) is 1.16. The minimum Gasteiger partial charge on any atom is -0.493 e. The number of ether oxygens (including phenoxy) is 2. The van der Waals surface area contributed by atoms with Crippen LogP contribution in [0.5, 0.6) is 11.5 Å². The summed E-state index contributed by atoms with van der Waals surface area (Å²) in [5.41, 5.74) is 1.99. The zero-order chi connectivity index (χ0) is 23.8. The molecular weight excluding hydrogens is 425 g/mol. The lowest BCUT2D eigenvalue weighted by Crippen LogP contribution is -2.32. The van der Waals surface area contributed by atoms with Crippen molar-refractivity contribution in [3.8, 4) is 11.5 Å². The molecule has 3 aromatic rings. The van der Waals surface area contributed by atoms with Crippen LogP contribution in [-0.2, 0) is 19.6 Å². The molecule has 0 aliphatic carbocycles. The van der Waals surface area contributed by atoms with Crippen LogP contribution in [-0.4, -0.2) is 36.1 Å². The molecule has 1 heterocycles. The molecule has 0 radical (unpaired) electrons. The van der Waals surface area contributed by atoms with Gasteiger partial charge in [0.05, 0.1) is 20.8 Å². The molecule has 0 saturated carbocycles. The quantitative estimate of drug-likeness (QED) is 0.457. The Morgan fingerprint density at radius 1 is 1.15 bits per heavy atom. The van der Waals surface area contributed by atoms with E-state index in [0.717, 1.165) is 17.5 Å². The standard InChI is InChI=1S/C25H30FN3O4/c1-5-17(2)29(14-19-7-6-8-22(31-3)24(19)32-4)15-23-28-21(16-33-23)25(30)27-13-18-9-11-20(26)12-10-18/h6-12,16-17H,5,13-15H2,1-4H3,(H,27,30). The number of para-hydroxylation sites is 1. The Bertz CT molecular complexity index is 1050. The monoisotopic (exact) mass is 455 g/mol. The summed E-state index contributed by atoms with van der Waals surface area (Å²) in [6.45, 7) is 5.55. The third-order valence-corrected chi connectivity index (χ3v) is 5.56. The van der Waals surface area contributed by atoms with Gasteiger partial charge in [-0.1, -0.05) is 31.2 Å². The van der Waals surface area contributed by atoms with Crippen LogP contribution in [0.1, 0.15) is 47.8 Å². The van der Waals surface area contributed by atoms with Crippen molar-refractivity contribution in [3.05, 3.63) is 77.3 Å². The van der Waals surface area contributed by atoms with Crippen molar-refractivity contribution in [1.29, 1.82) is 0 Å². The number of hydrogen-bond donors (Lipinski definition) is 1. The van der Waals surface area contributed by atoms with Gasteiger partial charge in [0.25, 0.3) is 5.91 Å². The number of nitrogens with zero attached hydrogens (tertiary/aromatic N) is 2. The van der Waals surface area contributed by atoms with Gasteiger partial charge in [-0.15, -0.1) is 0 Å². The Hall–Kier alpha value is -3.39. The first kappa shape index (κ1) is 24.3. The van der Waals surface area contributed by atoms with Crippen LogP contribution in [0.3, 0.4) is 0 Å². The molecule has 1 atom stereocenters. The minimum absolute atomic E-state index is 0.204. The van der Waals surface area contributed by atoms with E-state index in [1.807, 2.05) is 18.2 Å². The SMILES string of the molecule is CCC(C)N(Cc1nc(C(=O)NCc2ccc(F)cc2)co1)Cc1cccc(OC)c1OC. The lowest BCUT2D eigenvalue weighted by molar-refractivity contribution is 0.0945. The number of methoxy groups -OCH3 is 2. The number of rotatable bonds is 11. The van der Waals surface area contributed by atoms with Crippen LogP contribution < -0.4 is 14.8 Å². The van der Waals surface area contributed by atoms with Crippen LogP contribution in [0.2, 0.25) is 0 Å². The summed E-state index contributed by atoms with van der Waals surface area (Å²) < 4.78 is 29.6. The highest BCUT2D eigenvalue weighted by atomic mass is 19.1. The number of hydrogen-bond acceptors (Lipinski definition) is 6. The Balaban J connectivity index is 1.68. The fourth-order valence-electron chi connectivity index (χ4n) is 3.46. The molecule has 3 rings (SSSR count). The van der Waals surface area contributed by atoms with Gasteiger partial charge in [0.1, 0.15) is 12.1 Å². The predicted octanol–water partition coefficient (Wildman–Crippen LogP) is 4.56. The van der Waals surface area contributed by atoms with Gasteiger partial charge < -0.3 is 19.2 Å². The van der Waals surface area contributed by atoms with Crippen molar-refractivity contribution >= 4 is 5.91 Å². The molecule has 0 saturated heterocycles. The highest BCUT2D eigenvalue weighted by Gasteiger charge is 2.20. The molecule has 0 fully saturated rings. The smallest absolute Gasteiger partial charge is 0.273 e. The van der Waals surface area contributed by atoms with Crippen molar-refractivity contribution in [3.63, 3.8) is 0 Å². The number of benzene rings is 2. The number of oxazole rings is 1. The van der Waals surface area contributed by atoms with Gasteiger partial charge in [-0.3, -0.25) is 9.69 Å². The van der Waals surface area contributed by atoms with Crippen molar-refractivity contribution < 1.29 is 23.1 Å². The van der Waals surface area contributed by atoms with E-state index < -0.39 is 0 Å². The van der Waals surface area contributed by atoms with Gasteiger partial charge in [0, 0.05) is 24.7 Å². The molecule has 33 heavy (non-hydrogen) atoms. The van der Waals surface area contributed by atoms with E-state index in [9.17, 15) is 9.18 Å². The third kappa shape index (κ3) is 6.32. The molecule has 1 amide bonds. The van der Waals surface area contributed by atoms with Crippen molar-refractivity contribution in [2.45, 2.75) is 45.9 Å². The van der Waals surface area contributed by atoms with Gasteiger partial charge >= 0.3 is 0 Å². The predicted molar refractivity (Wildman–Crippen MR) is 123 cm³/mol. The van der Waals surface area contributed by atoms with Crippen LogP contribution in [0, 0.1) is 5.82 Å². The normalized spacial score (nSPS) is 11.9. The topological polar surface area (TPSA) is 76.8 Å². The molecule has 0 bridgehead atoms. The fourth-order valence-corrected chi connectivity index (χ4v) is 3.46. The van der Waals surface area contributed by atoms with E-state index in [0.29, 0.717) is 30.5 Å². The molecule has 1 aromatic heterocycles. The van der Waals surface area contributed by atoms with Gasteiger partial charge in [-0.05, 0) is 37.1 Å². The molecule has 0 aliphatic rings. The molecule has 7 nitrogen and oxygen atoms in total. The van der Waals surface area contributed by atoms with Crippen LogP contribution in [0.25, 0.3) is 0 Å². The summed E-state index contributed by atoms with van der Waals surface area (Å²) in [5, 5.41) is 2.77. The maximum atomic E-state index is 13.0. The first-order chi connectivity index (χ1) is 15.9. The number of halogens is 1. The van der Waals surface area contributed by atoms with Crippen molar-refractivity contribution in [2.24, 2.45) is 0 Å². The molecule has 1 unspecified atom stereocenters. The minimum atomic E-state index is -0.348. The number of carbonyl (C=O) groups is 1. The largest absolute Gasteiger partial charge is 0.493 e. The second-order valence-corrected chi connectivity index (χ2v) is 7.75. The molecule has 0 spiro atoms. The second-order valence-electron chi connectivity index (χ2n) is 7.75. The first-order valence-corrected chi connectivity index (χ1v) is 10.9. The van der Waals surface area contributed by atoms with Gasteiger partial charge in [0.15, 0.2) is 17.2 Å². The van der Waals surface area contributed by atoms with E-state index >= 15 is 0 Å². The maximum absolute atomic E-state index is 13.0. The average Bonchev–Trinajstić information content (AvgIpc) is 3.31. The number of nitrogens with one attached hydrogen (secondary N) is 1. The summed E-state index contributed by atoms with van der Waals surface area (Å²) in [4.78, 5) is 19.1. The Morgan fingerprint density at radius 3 is 2.58 bits per heavy atom. The maximum Gasteiger partial charge on any atom is 0.273 e. The van der Waals surface area contributed by atoms with Gasteiger partial charge in [0.2, 0.25) is 5.89 Å². The Morgan fingerprint density at radius 2 is 1.91 bits per heavy atom. The zero-order valence-electron chi connectivity index (χ0n) is 19.4. The summed E-state index contributed by atoms with van der Waals surface area (Å²) >= 11 is 0. The lowest BCUT2D eigenvalue weighted by Gasteiger charge is -2.28. The van der Waals surface area contributed by atoms with E-state index in [2.05, 4.69) is 29.0 Å². The number of aromatic nitrogens is 1. The lowest BCUT2D eigenvalue weighted by atomic mass is 10.1. The van der Waals surface area contributed by atoms with E-state index in [1.54, 1.807) is 26.4 Å². The summed E-state index contributed by atoms with van der Waals surface area (Å²) in [6, 6.07) is 12.0. The molecular formula is C25H30FN3O4. The van der Waals surface area contributed by atoms with Crippen molar-refractivity contribution in [2.75, 3.05) is 14.2 Å². The average molecular weight is 456 g/mol. The molecule has 176 valence electrons. The summed E-state index contributed by atoms with van der Waals surface area (Å²) in [7, 11) is 3.24. The molecule has 2 aromatic carbocycles. The Labute approximate surface area is 193 Å². The van der Waals surface area contributed by atoms with Crippen LogP contribution >= 0.6 is 0 Å².